The third-order valence-electron chi connectivity index (χ3n) is 5.19. The second-order valence-corrected chi connectivity index (χ2v) is 6.90. The summed E-state index contributed by atoms with van der Waals surface area (Å²) in [5.41, 5.74) is 2.33. The maximum atomic E-state index is 12.6. The zero-order valence-electron chi connectivity index (χ0n) is 13.5. The molecule has 1 aliphatic heterocycles. The number of carbonyl (C=O) groups is 1. The van der Waals surface area contributed by atoms with Crippen molar-refractivity contribution in [2.75, 3.05) is 20.2 Å². The zero-order valence-corrected chi connectivity index (χ0v) is 13.5. The first-order valence-electron chi connectivity index (χ1n) is 8.02. The molecule has 0 N–H and O–H groups in total. The van der Waals surface area contributed by atoms with Gasteiger partial charge in [-0.25, -0.2) is 0 Å². The van der Waals surface area contributed by atoms with Crippen LogP contribution in [-0.4, -0.2) is 40.8 Å². The van der Waals surface area contributed by atoms with Crippen molar-refractivity contribution in [3.63, 3.8) is 0 Å². The summed E-state index contributed by atoms with van der Waals surface area (Å²) in [5.74, 6) is 1.10. The second kappa shape index (κ2) is 5.11. The fourth-order valence-electron chi connectivity index (χ4n) is 4.05. The smallest absolute Gasteiger partial charge is 0.261 e. The molecule has 0 atom stereocenters. The first-order chi connectivity index (χ1) is 11.1. The van der Waals surface area contributed by atoms with Crippen LogP contribution in [-0.2, 0) is 7.05 Å². The average Bonchev–Trinajstić information content (AvgIpc) is 2.86. The summed E-state index contributed by atoms with van der Waals surface area (Å²) in [6.45, 7) is 1.71. The van der Waals surface area contributed by atoms with Crippen molar-refractivity contribution in [2.24, 2.45) is 12.5 Å². The van der Waals surface area contributed by atoms with Gasteiger partial charge in [0.15, 0.2) is 0 Å². The van der Waals surface area contributed by atoms with E-state index in [0.29, 0.717) is 22.8 Å². The first kappa shape index (κ1) is 14.3. The van der Waals surface area contributed by atoms with Crippen LogP contribution < -0.4 is 4.74 Å². The molecule has 5 heteroatoms. The Balaban J connectivity index is 1.38. The minimum Gasteiger partial charge on any atom is -0.479 e. The highest BCUT2D eigenvalue weighted by atomic mass is 16.5. The van der Waals surface area contributed by atoms with E-state index in [2.05, 4.69) is 35.4 Å². The van der Waals surface area contributed by atoms with Gasteiger partial charge in [0.25, 0.3) is 5.91 Å². The van der Waals surface area contributed by atoms with Crippen molar-refractivity contribution in [1.29, 1.82) is 0 Å². The van der Waals surface area contributed by atoms with Gasteiger partial charge in [-0.05, 0) is 24.3 Å². The molecule has 1 spiro atoms. The summed E-state index contributed by atoms with van der Waals surface area (Å²) < 4.78 is 6.82. The lowest BCUT2D eigenvalue weighted by atomic mass is 9.56. The summed E-state index contributed by atoms with van der Waals surface area (Å²) in [4.78, 5) is 14.5. The normalized spacial score (nSPS) is 19.3. The molecule has 120 valence electrons. The molecular weight excluding hydrogens is 290 g/mol. The third kappa shape index (κ3) is 2.31. The number of aromatic nitrogens is 2. The van der Waals surface area contributed by atoms with Crippen molar-refractivity contribution in [3.05, 3.63) is 47.7 Å². The molecule has 4 rings (SSSR count). The quantitative estimate of drug-likeness (QED) is 0.875. The second-order valence-electron chi connectivity index (χ2n) is 6.90. The minimum absolute atomic E-state index is 0.0312. The minimum atomic E-state index is 0.0312. The van der Waals surface area contributed by atoms with E-state index in [9.17, 15) is 4.79 Å². The van der Waals surface area contributed by atoms with Crippen LogP contribution in [0, 0.1) is 5.41 Å². The Bertz CT molecular complexity index is 724. The molecule has 1 aliphatic carbocycles. The number of amides is 1. The van der Waals surface area contributed by atoms with Crippen molar-refractivity contribution in [2.45, 2.75) is 18.8 Å². The van der Waals surface area contributed by atoms with Gasteiger partial charge in [0.2, 0.25) is 5.88 Å². The van der Waals surface area contributed by atoms with Crippen molar-refractivity contribution in [3.8, 4) is 5.88 Å². The Morgan fingerprint density at radius 3 is 2.61 bits per heavy atom. The van der Waals surface area contributed by atoms with E-state index in [1.165, 1.54) is 18.4 Å². The lowest BCUT2D eigenvalue weighted by molar-refractivity contribution is -0.0555. The lowest BCUT2D eigenvalue weighted by Crippen LogP contribution is -2.63. The molecule has 2 aromatic rings. The van der Waals surface area contributed by atoms with Crippen LogP contribution in [0.5, 0.6) is 5.88 Å². The van der Waals surface area contributed by atoms with Gasteiger partial charge in [0, 0.05) is 31.7 Å². The van der Waals surface area contributed by atoms with Crippen molar-refractivity contribution in [1.82, 2.24) is 14.7 Å². The van der Waals surface area contributed by atoms with Crippen LogP contribution >= 0.6 is 0 Å². The number of hydrogen-bond acceptors (Lipinski definition) is 3. The molecule has 23 heavy (non-hydrogen) atoms. The van der Waals surface area contributed by atoms with Crippen LogP contribution in [0.25, 0.3) is 0 Å². The van der Waals surface area contributed by atoms with Crippen LogP contribution in [0.15, 0.2) is 36.5 Å². The number of carbonyl (C=O) groups excluding carboxylic acids is 1. The molecule has 0 bridgehead atoms. The van der Waals surface area contributed by atoms with E-state index in [4.69, 9.17) is 4.74 Å². The molecule has 1 aromatic carbocycles. The summed E-state index contributed by atoms with van der Waals surface area (Å²) >= 11 is 0. The molecule has 1 saturated heterocycles. The van der Waals surface area contributed by atoms with Crippen LogP contribution in [0.3, 0.4) is 0 Å². The Morgan fingerprint density at radius 1 is 1.26 bits per heavy atom. The van der Waals surface area contributed by atoms with Gasteiger partial charge in [-0.3, -0.25) is 9.48 Å². The number of aryl methyl sites for hydroxylation is 1. The number of benzene rings is 1. The largest absolute Gasteiger partial charge is 0.479 e. The van der Waals surface area contributed by atoms with Crippen molar-refractivity contribution >= 4 is 5.91 Å². The highest BCUT2D eigenvalue weighted by molar-refractivity contribution is 5.96. The SMILES string of the molecule is COc1nn(C)cc1C(=O)N1CC2(CC(c3ccccc3)C2)C1. The number of nitrogens with zero attached hydrogens (tertiary/aromatic N) is 3. The molecule has 1 saturated carbocycles. The van der Waals surface area contributed by atoms with Crippen LogP contribution in [0.2, 0.25) is 0 Å². The van der Waals surface area contributed by atoms with Gasteiger partial charge < -0.3 is 9.64 Å². The molecule has 0 unspecified atom stereocenters. The molecule has 1 aromatic heterocycles. The van der Waals surface area contributed by atoms with Crippen molar-refractivity contribution < 1.29 is 9.53 Å². The number of ether oxygens (including phenoxy) is 1. The molecule has 5 nitrogen and oxygen atoms in total. The van der Waals surface area contributed by atoms with E-state index < -0.39 is 0 Å². The molecular formula is C18H21N3O2. The number of hydrogen-bond donors (Lipinski definition) is 0. The Kier molecular flexibility index (Phi) is 3.18. The fourth-order valence-corrected chi connectivity index (χ4v) is 4.05. The maximum absolute atomic E-state index is 12.6. The van der Waals surface area contributed by atoms with E-state index in [-0.39, 0.29) is 5.91 Å². The maximum Gasteiger partial charge on any atom is 0.261 e. The molecule has 2 fully saturated rings. The monoisotopic (exact) mass is 311 g/mol. The lowest BCUT2D eigenvalue weighted by Gasteiger charge is -2.59. The fraction of sp³-hybridized carbons (Fsp3) is 0.444. The van der Waals surface area contributed by atoms with Gasteiger partial charge in [-0.15, -0.1) is 5.10 Å². The Hall–Kier alpha value is -2.30. The molecule has 2 aliphatic rings. The summed E-state index contributed by atoms with van der Waals surface area (Å²) in [6.07, 6.45) is 4.11. The molecule has 1 amide bonds. The zero-order chi connectivity index (χ0) is 16.0. The van der Waals surface area contributed by atoms with Crippen LogP contribution in [0.1, 0.15) is 34.7 Å². The van der Waals surface area contributed by atoms with Gasteiger partial charge in [0.05, 0.1) is 7.11 Å². The molecule has 2 heterocycles. The van der Waals surface area contributed by atoms with Gasteiger partial charge in [-0.1, -0.05) is 30.3 Å². The highest BCUT2D eigenvalue weighted by Crippen LogP contribution is 2.56. The van der Waals surface area contributed by atoms with Gasteiger partial charge >= 0.3 is 0 Å². The summed E-state index contributed by atoms with van der Waals surface area (Å²) in [6, 6.07) is 10.7. The van der Waals surface area contributed by atoms with E-state index >= 15 is 0 Å². The number of likely N-dealkylation sites (tertiary alicyclic amines) is 1. The van der Waals surface area contributed by atoms with E-state index in [1.54, 1.807) is 25.0 Å². The van der Waals surface area contributed by atoms with Crippen LogP contribution in [0.4, 0.5) is 0 Å². The first-order valence-corrected chi connectivity index (χ1v) is 8.02. The topological polar surface area (TPSA) is 47.4 Å². The third-order valence-corrected chi connectivity index (χ3v) is 5.19. The van der Waals surface area contributed by atoms with Gasteiger partial charge in [0.1, 0.15) is 5.56 Å². The standard InChI is InChI=1S/C18H21N3O2/c1-20-10-15(16(19-20)23-2)17(22)21-11-18(12-21)8-14(9-18)13-6-4-3-5-7-13/h3-7,10,14H,8-9,11-12H2,1-2H3. The predicted molar refractivity (Wildman–Crippen MR) is 86.5 cm³/mol. The average molecular weight is 311 g/mol. The molecule has 0 radical (unpaired) electrons. The number of rotatable bonds is 3. The van der Waals surface area contributed by atoms with E-state index in [0.717, 1.165) is 13.1 Å². The summed E-state index contributed by atoms with van der Waals surface area (Å²) in [5, 5.41) is 4.16. The summed E-state index contributed by atoms with van der Waals surface area (Å²) in [7, 11) is 3.35. The highest BCUT2D eigenvalue weighted by Gasteiger charge is 2.54. The van der Waals surface area contributed by atoms with E-state index in [1.807, 2.05) is 4.90 Å². The number of methoxy groups -OCH3 is 1. The predicted octanol–water partition coefficient (Wildman–Crippen LogP) is 2.45. The Labute approximate surface area is 135 Å². The van der Waals surface area contributed by atoms with Gasteiger partial charge in [-0.2, -0.15) is 0 Å². The Morgan fingerprint density at radius 2 is 1.96 bits per heavy atom.